The van der Waals surface area contributed by atoms with E-state index in [1.165, 1.54) is 5.56 Å². The van der Waals surface area contributed by atoms with E-state index in [0.29, 0.717) is 19.6 Å². The zero-order valence-electron chi connectivity index (χ0n) is 12.3. The molecule has 2 rings (SSSR count). The molecule has 1 fully saturated rings. The van der Waals surface area contributed by atoms with Gasteiger partial charge in [-0.15, -0.1) is 0 Å². The predicted molar refractivity (Wildman–Crippen MR) is 77.4 cm³/mol. The van der Waals surface area contributed by atoms with E-state index < -0.39 is 11.4 Å². The number of methoxy groups -OCH3 is 1. The first kappa shape index (κ1) is 15.0. The number of rotatable bonds is 6. The highest BCUT2D eigenvalue weighted by molar-refractivity contribution is 5.75. The number of likely N-dealkylation sites (tertiary alicyclic amines) is 1. The largest absolute Gasteiger partial charge is 0.481 e. The molecule has 0 amide bonds. The lowest BCUT2D eigenvalue weighted by Crippen LogP contribution is -2.33. The summed E-state index contributed by atoms with van der Waals surface area (Å²) in [5.41, 5.74) is 1.84. The molecule has 1 atom stereocenters. The van der Waals surface area contributed by atoms with Gasteiger partial charge in [0.15, 0.2) is 0 Å². The standard InChI is InChI=1S/C16H23NO3/c1-3-16(15(18)19)8-9-17(12-16)10-13-4-6-14(7-5-13)11-20-2/h4-7H,3,8-12H2,1-2H3,(H,18,19). The number of hydrogen-bond acceptors (Lipinski definition) is 3. The van der Waals surface area contributed by atoms with E-state index in [4.69, 9.17) is 4.74 Å². The third kappa shape index (κ3) is 3.19. The van der Waals surface area contributed by atoms with Crippen molar-refractivity contribution in [3.63, 3.8) is 0 Å². The molecule has 0 bridgehead atoms. The van der Waals surface area contributed by atoms with Gasteiger partial charge < -0.3 is 9.84 Å². The van der Waals surface area contributed by atoms with Crippen molar-refractivity contribution in [2.75, 3.05) is 20.2 Å². The Morgan fingerprint density at radius 1 is 1.35 bits per heavy atom. The normalized spacial score (nSPS) is 23.1. The molecule has 1 saturated heterocycles. The summed E-state index contributed by atoms with van der Waals surface area (Å²) in [5, 5.41) is 9.40. The third-order valence-electron chi connectivity index (χ3n) is 4.30. The fourth-order valence-electron chi connectivity index (χ4n) is 2.87. The Morgan fingerprint density at radius 3 is 2.50 bits per heavy atom. The Balaban J connectivity index is 1.96. The summed E-state index contributed by atoms with van der Waals surface area (Å²) in [6, 6.07) is 8.33. The smallest absolute Gasteiger partial charge is 0.310 e. The van der Waals surface area contributed by atoms with Gasteiger partial charge in [0.25, 0.3) is 0 Å². The Morgan fingerprint density at radius 2 is 2.00 bits per heavy atom. The molecule has 0 aromatic heterocycles. The lowest BCUT2D eigenvalue weighted by molar-refractivity contribution is -0.148. The Kier molecular flexibility index (Phi) is 4.78. The maximum Gasteiger partial charge on any atom is 0.310 e. The van der Waals surface area contributed by atoms with Crippen LogP contribution in [0.4, 0.5) is 0 Å². The molecule has 4 nitrogen and oxygen atoms in total. The van der Waals surface area contributed by atoms with Gasteiger partial charge in [-0.1, -0.05) is 31.2 Å². The number of nitrogens with zero attached hydrogens (tertiary/aromatic N) is 1. The molecular formula is C16H23NO3. The Labute approximate surface area is 120 Å². The molecule has 0 saturated carbocycles. The first-order valence-electron chi connectivity index (χ1n) is 7.12. The molecule has 1 aromatic rings. The summed E-state index contributed by atoms with van der Waals surface area (Å²) in [6.07, 6.45) is 1.45. The van der Waals surface area contributed by atoms with Crippen molar-refractivity contribution in [1.29, 1.82) is 0 Å². The SMILES string of the molecule is CCC1(C(=O)O)CCN(Cc2ccc(COC)cc2)C1. The number of aliphatic carboxylic acids is 1. The molecule has 4 heteroatoms. The second kappa shape index (κ2) is 6.37. The van der Waals surface area contributed by atoms with Crippen LogP contribution >= 0.6 is 0 Å². The number of benzene rings is 1. The molecular weight excluding hydrogens is 254 g/mol. The third-order valence-corrected chi connectivity index (χ3v) is 4.30. The summed E-state index contributed by atoms with van der Waals surface area (Å²) in [5.74, 6) is -0.655. The number of carboxylic acids is 1. The minimum Gasteiger partial charge on any atom is -0.481 e. The van der Waals surface area contributed by atoms with Crippen molar-refractivity contribution in [3.8, 4) is 0 Å². The van der Waals surface area contributed by atoms with Gasteiger partial charge in [-0.25, -0.2) is 0 Å². The van der Waals surface area contributed by atoms with E-state index in [0.717, 1.165) is 25.1 Å². The van der Waals surface area contributed by atoms with E-state index in [2.05, 4.69) is 29.2 Å². The summed E-state index contributed by atoms with van der Waals surface area (Å²) in [4.78, 5) is 13.7. The zero-order valence-corrected chi connectivity index (χ0v) is 12.3. The molecule has 110 valence electrons. The fraction of sp³-hybridized carbons (Fsp3) is 0.562. The lowest BCUT2D eigenvalue weighted by Gasteiger charge is -2.23. The van der Waals surface area contributed by atoms with E-state index in [-0.39, 0.29) is 0 Å². The minimum absolute atomic E-state index is 0.546. The van der Waals surface area contributed by atoms with Gasteiger partial charge in [-0.05, 0) is 30.5 Å². The van der Waals surface area contributed by atoms with Crippen LogP contribution < -0.4 is 0 Å². The molecule has 20 heavy (non-hydrogen) atoms. The van der Waals surface area contributed by atoms with Crippen LogP contribution in [0.15, 0.2) is 24.3 Å². The summed E-state index contributed by atoms with van der Waals surface area (Å²) < 4.78 is 5.09. The van der Waals surface area contributed by atoms with E-state index in [9.17, 15) is 9.90 Å². The topological polar surface area (TPSA) is 49.8 Å². The average Bonchev–Trinajstić information content (AvgIpc) is 2.86. The van der Waals surface area contributed by atoms with Crippen molar-refractivity contribution >= 4 is 5.97 Å². The van der Waals surface area contributed by atoms with E-state index in [1.807, 2.05) is 6.92 Å². The summed E-state index contributed by atoms with van der Waals surface area (Å²) in [6.45, 7) is 4.93. The van der Waals surface area contributed by atoms with E-state index >= 15 is 0 Å². The van der Waals surface area contributed by atoms with Crippen molar-refractivity contribution in [3.05, 3.63) is 35.4 Å². The van der Waals surface area contributed by atoms with E-state index in [1.54, 1.807) is 7.11 Å². The number of carboxylic acid groups (broad SMARTS) is 1. The van der Waals surface area contributed by atoms with Gasteiger partial charge in [-0.2, -0.15) is 0 Å². The fourth-order valence-corrected chi connectivity index (χ4v) is 2.87. The van der Waals surface area contributed by atoms with Crippen molar-refractivity contribution in [1.82, 2.24) is 4.90 Å². The van der Waals surface area contributed by atoms with Gasteiger partial charge in [0.2, 0.25) is 0 Å². The first-order valence-corrected chi connectivity index (χ1v) is 7.12. The second-order valence-corrected chi connectivity index (χ2v) is 5.65. The molecule has 0 aliphatic carbocycles. The van der Waals surface area contributed by atoms with Crippen LogP contribution in [0.5, 0.6) is 0 Å². The molecule has 1 aliphatic rings. The van der Waals surface area contributed by atoms with Gasteiger partial charge >= 0.3 is 5.97 Å². The molecule has 1 heterocycles. The second-order valence-electron chi connectivity index (χ2n) is 5.65. The van der Waals surface area contributed by atoms with Crippen LogP contribution in [0.2, 0.25) is 0 Å². The monoisotopic (exact) mass is 277 g/mol. The highest BCUT2D eigenvalue weighted by Gasteiger charge is 2.42. The first-order chi connectivity index (χ1) is 9.59. The van der Waals surface area contributed by atoms with Gasteiger partial charge in [-0.3, -0.25) is 9.69 Å². The lowest BCUT2D eigenvalue weighted by atomic mass is 9.84. The minimum atomic E-state index is -0.655. The maximum atomic E-state index is 11.4. The van der Waals surface area contributed by atoms with Gasteiger partial charge in [0.05, 0.1) is 12.0 Å². The van der Waals surface area contributed by atoms with Crippen LogP contribution in [0.3, 0.4) is 0 Å². The predicted octanol–water partition coefficient (Wildman–Crippen LogP) is 2.52. The summed E-state index contributed by atoms with van der Waals surface area (Å²) >= 11 is 0. The molecule has 1 N–H and O–H groups in total. The Bertz CT molecular complexity index is 457. The zero-order chi connectivity index (χ0) is 14.6. The highest BCUT2D eigenvalue weighted by atomic mass is 16.5. The van der Waals surface area contributed by atoms with Crippen LogP contribution in [0.1, 0.15) is 30.9 Å². The molecule has 1 aromatic carbocycles. The quantitative estimate of drug-likeness (QED) is 0.868. The Hall–Kier alpha value is -1.39. The van der Waals surface area contributed by atoms with Gasteiger partial charge in [0.1, 0.15) is 0 Å². The van der Waals surface area contributed by atoms with Crippen molar-refractivity contribution < 1.29 is 14.6 Å². The van der Waals surface area contributed by atoms with Crippen LogP contribution in [-0.2, 0) is 22.7 Å². The molecule has 0 radical (unpaired) electrons. The maximum absolute atomic E-state index is 11.4. The van der Waals surface area contributed by atoms with Crippen LogP contribution in [-0.4, -0.2) is 36.2 Å². The average molecular weight is 277 g/mol. The number of ether oxygens (including phenoxy) is 1. The highest BCUT2D eigenvalue weighted by Crippen LogP contribution is 2.34. The number of carbonyl (C=O) groups is 1. The van der Waals surface area contributed by atoms with Crippen molar-refractivity contribution in [2.45, 2.75) is 32.9 Å². The van der Waals surface area contributed by atoms with Crippen LogP contribution in [0, 0.1) is 5.41 Å². The molecule has 1 unspecified atom stereocenters. The summed E-state index contributed by atoms with van der Waals surface area (Å²) in [7, 11) is 1.69. The van der Waals surface area contributed by atoms with Crippen molar-refractivity contribution in [2.24, 2.45) is 5.41 Å². The van der Waals surface area contributed by atoms with Crippen LogP contribution in [0.25, 0.3) is 0 Å². The van der Waals surface area contributed by atoms with Gasteiger partial charge in [0, 0.05) is 20.2 Å². The number of hydrogen-bond donors (Lipinski definition) is 1. The molecule has 1 aliphatic heterocycles. The molecule has 0 spiro atoms.